The molecule has 25 heavy (non-hydrogen) atoms. The Morgan fingerprint density at radius 1 is 1.20 bits per heavy atom. The number of hydrogen-bond donors (Lipinski definition) is 2. The minimum Gasteiger partial charge on any atom is -0.452 e. The Hall–Kier alpha value is -2.67. The first kappa shape index (κ1) is 18.7. The third-order valence-electron chi connectivity index (χ3n) is 3.46. The Balaban J connectivity index is 1.92. The predicted octanol–water partition coefficient (Wildman–Crippen LogP) is 3.07. The fraction of sp³-hybridized carbons (Fsp3) is 0.278. The van der Waals surface area contributed by atoms with Crippen LogP contribution in [0.25, 0.3) is 0 Å². The van der Waals surface area contributed by atoms with Gasteiger partial charge in [0.15, 0.2) is 6.61 Å². The van der Waals surface area contributed by atoms with Crippen LogP contribution in [0.1, 0.15) is 40.3 Å². The summed E-state index contributed by atoms with van der Waals surface area (Å²) in [7, 11) is 0. The van der Waals surface area contributed by atoms with Gasteiger partial charge in [0.05, 0.1) is 10.4 Å². The minimum absolute atomic E-state index is 0.0296. The molecule has 2 aromatic rings. The van der Waals surface area contributed by atoms with E-state index in [1.807, 2.05) is 19.2 Å². The van der Waals surface area contributed by atoms with Crippen molar-refractivity contribution >= 4 is 34.8 Å². The molecule has 0 fully saturated rings. The van der Waals surface area contributed by atoms with Crippen LogP contribution in [0.4, 0.5) is 5.69 Å². The average Bonchev–Trinajstić information content (AvgIpc) is 3.14. The highest BCUT2D eigenvalue weighted by Gasteiger charge is 2.13. The average molecular weight is 360 g/mol. The standard InChI is InChI=1S/C18H20N2O4S/c1-3-12(2)19-16(21)11-24-18(23)13-6-4-7-14(10-13)20-17(22)15-8-5-9-25-15/h4-10,12H,3,11H2,1-2H3,(H,19,21)(H,20,22)/t12-/m0/s1. The first-order valence-corrected chi connectivity index (χ1v) is 8.79. The number of amides is 2. The molecule has 2 rings (SSSR count). The largest absolute Gasteiger partial charge is 0.452 e. The lowest BCUT2D eigenvalue weighted by Gasteiger charge is -2.11. The van der Waals surface area contributed by atoms with Crippen LogP contribution >= 0.6 is 11.3 Å². The molecular weight excluding hydrogens is 340 g/mol. The molecule has 7 heteroatoms. The van der Waals surface area contributed by atoms with Crippen molar-refractivity contribution in [2.75, 3.05) is 11.9 Å². The van der Waals surface area contributed by atoms with E-state index in [0.29, 0.717) is 10.6 Å². The van der Waals surface area contributed by atoms with Gasteiger partial charge in [-0.15, -0.1) is 11.3 Å². The van der Waals surface area contributed by atoms with Gasteiger partial charge in [-0.3, -0.25) is 9.59 Å². The topological polar surface area (TPSA) is 84.5 Å². The zero-order valence-electron chi connectivity index (χ0n) is 14.1. The lowest BCUT2D eigenvalue weighted by Crippen LogP contribution is -2.35. The molecular formula is C18H20N2O4S. The Bertz CT molecular complexity index is 743. The van der Waals surface area contributed by atoms with Crippen molar-refractivity contribution in [2.24, 2.45) is 0 Å². The maximum atomic E-state index is 12.1. The maximum absolute atomic E-state index is 12.1. The number of esters is 1. The van der Waals surface area contributed by atoms with Crippen molar-refractivity contribution in [3.63, 3.8) is 0 Å². The summed E-state index contributed by atoms with van der Waals surface area (Å²) in [5, 5.41) is 7.25. The molecule has 0 aliphatic carbocycles. The minimum atomic E-state index is -0.619. The molecule has 2 amide bonds. The quantitative estimate of drug-likeness (QED) is 0.743. The Morgan fingerprint density at radius 2 is 2.00 bits per heavy atom. The summed E-state index contributed by atoms with van der Waals surface area (Å²) in [5.74, 6) is -1.20. The van der Waals surface area contributed by atoms with Gasteiger partial charge in [0.25, 0.3) is 11.8 Å². The Labute approximate surface area is 150 Å². The molecule has 0 unspecified atom stereocenters. The van der Waals surface area contributed by atoms with Crippen LogP contribution in [0.15, 0.2) is 41.8 Å². The second-order valence-corrected chi connectivity index (χ2v) is 6.41. The number of thiophene rings is 1. The highest BCUT2D eigenvalue weighted by Crippen LogP contribution is 2.15. The number of ether oxygens (including phenoxy) is 1. The Morgan fingerprint density at radius 3 is 2.68 bits per heavy atom. The highest BCUT2D eigenvalue weighted by molar-refractivity contribution is 7.12. The number of hydrogen-bond acceptors (Lipinski definition) is 5. The molecule has 0 radical (unpaired) electrons. The number of rotatable bonds is 7. The molecule has 0 aliphatic heterocycles. The molecule has 132 valence electrons. The lowest BCUT2D eigenvalue weighted by molar-refractivity contribution is -0.124. The van der Waals surface area contributed by atoms with Gasteiger partial charge in [0, 0.05) is 11.7 Å². The summed E-state index contributed by atoms with van der Waals surface area (Å²) < 4.78 is 5.01. The van der Waals surface area contributed by atoms with E-state index in [2.05, 4.69) is 10.6 Å². The number of carbonyl (C=O) groups excluding carboxylic acids is 3. The molecule has 0 saturated carbocycles. The van der Waals surface area contributed by atoms with E-state index in [0.717, 1.165) is 6.42 Å². The molecule has 0 saturated heterocycles. The van der Waals surface area contributed by atoms with Crippen molar-refractivity contribution in [3.8, 4) is 0 Å². The van der Waals surface area contributed by atoms with Crippen LogP contribution in [-0.2, 0) is 9.53 Å². The van der Waals surface area contributed by atoms with Gasteiger partial charge in [-0.25, -0.2) is 4.79 Å². The fourth-order valence-electron chi connectivity index (χ4n) is 1.96. The number of benzene rings is 1. The van der Waals surface area contributed by atoms with Crippen LogP contribution < -0.4 is 10.6 Å². The summed E-state index contributed by atoms with van der Waals surface area (Å²) in [6, 6.07) is 9.93. The van der Waals surface area contributed by atoms with Crippen LogP contribution in [0.3, 0.4) is 0 Å². The normalized spacial score (nSPS) is 11.4. The maximum Gasteiger partial charge on any atom is 0.338 e. The second kappa shape index (κ2) is 8.98. The smallest absolute Gasteiger partial charge is 0.338 e. The summed E-state index contributed by atoms with van der Waals surface area (Å²) in [5.41, 5.74) is 0.747. The van der Waals surface area contributed by atoms with E-state index in [1.54, 1.807) is 30.3 Å². The van der Waals surface area contributed by atoms with Gasteiger partial charge in [0.1, 0.15) is 0 Å². The number of nitrogens with one attached hydrogen (secondary N) is 2. The fourth-order valence-corrected chi connectivity index (χ4v) is 2.58. The van der Waals surface area contributed by atoms with Gasteiger partial charge in [0.2, 0.25) is 0 Å². The SMILES string of the molecule is CC[C@H](C)NC(=O)COC(=O)c1cccc(NC(=O)c2cccs2)c1. The summed E-state index contributed by atoms with van der Waals surface area (Å²) in [6.45, 7) is 3.49. The monoisotopic (exact) mass is 360 g/mol. The Kier molecular flexibility index (Phi) is 6.71. The molecule has 0 spiro atoms. The third kappa shape index (κ3) is 5.72. The van der Waals surface area contributed by atoms with E-state index >= 15 is 0 Å². The van der Waals surface area contributed by atoms with Crippen molar-refractivity contribution in [1.82, 2.24) is 5.32 Å². The molecule has 0 aliphatic rings. The van der Waals surface area contributed by atoms with Gasteiger partial charge >= 0.3 is 5.97 Å². The van der Waals surface area contributed by atoms with Crippen molar-refractivity contribution in [1.29, 1.82) is 0 Å². The molecule has 1 aromatic heterocycles. The van der Waals surface area contributed by atoms with Crippen LogP contribution in [-0.4, -0.2) is 30.4 Å². The van der Waals surface area contributed by atoms with E-state index in [9.17, 15) is 14.4 Å². The first-order chi connectivity index (χ1) is 12.0. The van der Waals surface area contributed by atoms with Crippen molar-refractivity contribution in [3.05, 3.63) is 52.2 Å². The molecule has 2 N–H and O–H groups in total. The molecule has 6 nitrogen and oxygen atoms in total. The van der Waals surface area contributed by atoms with Crippen molar-refractivity contribution < 1.29 is 19.1 Å². The zero-order valence-corrected chi connectivity index (χ0v) is 14.9. The van der Waals surface area contributed by atoms with Gasteiger partial charge < -0.3 is 15.4 Å². The van der Waals surface area contributed by atoms with Crippen LogP contribution in [0.5, 0.6) is 0 Å². The molecule has 1 aromatic carbocycles. The first-order valence-electron chi connectivity index (χ1n) is 7.91. The van der Waals surface area contributed by atoms with E-state index in [1.165, 1.54) is 17.4 Å². The predicted molar refractivity (Wildman–Crippen MR) is 96.9 cm³/mol. The summed E-state index contributed by atoms with van der Waals surface area (Å²) >= 11 is 1.33. The van der Waals surface area contributed by atoms with E-state index in [-0.39, 0.29) is 30.0 Å². The molecule has 1 atom stereocenters. The zero-order chi connectivity index (χ0) is 18.2. The molecule has 1 heterocycles. The molecule has 0 bridgehead atoms. The van der Waals surface area contributed by atoms with Crippen LogP contribution in [0.2, 0.25) is 0 Å². The number of carbonyl (C=O) groups is 3. The second-order valence-electron chi connectivity index (χ2n) is 5.47. The van der Waals surface area contributed by atoms with E-state index < -0.39 is 5.97 Å². The lowest BCUT2D eigenvalue weighted by atomic mass is 10.2. The summed E-state index contributed by atoms with van der Waals surface area (Å²) in [6.07, 6.45) is 0.797. The summed E-state index contributed by atoms with van der Waals surface area (Å²) in [4.78, 5) is 36.3. The van der Waals surface area contributed by atoms with Gasteiger partial charge in [-0.05, 0) is 43.0 Å². The van der Waals surface area contributed by atoms with E-state index in [4.69, 9.17) is 4.74 Å². The van der Waals surface area contributed by atoms with Gasteiger partial charge in [-0.2, -0.15) is 0 Å². The van der Waals surface area contributed by atoms with Crippen molar-refractivity contribution in [2.45, 2.75) is 26.3 Å². The highest BCUT2D eigenvalue weighted by atomic mass is 32.1. The van der Waals surface area contributed by atoms with Crippen LogP contribution in [0, 0.1) is 0 Å². The number of anilines is 1. The van der Waals surface area contributed by atoms with Gasteiger partial charge in [-0.1, -0.05) is 19.1 Å². The third-order valence-corrected chi connectivity index (χ3v) is 4.32.